The summed E-state index contributed by atoms with van der Waals surface area (Å²) in [6, 6.07) is 6.01. The van der Waals surface area contributed by atoms with Crippen molar-refractivity contribution in [1.29, 1.82) is 0 Å². The number of aromatic nitrogens is 4. The minimum absolute atomic E-state index is 0.00206. The first-order valence-electron chi connectivity index (χ1n) is 8.16. The number of pyridine rings is 1. The van der Waals surface area contributed by atoms with Crippen LogP contribution in [0.5, 0.6) is 0 Å². The fraction of sp³-hybridized carbons (Fsp3) is 0.389. The maximum atomic E-state index is 12.7. The first-order valence-corrected chi connectivity index (χ1v) is 8.16. The van der Waals surface area contributed by atoms with Crippen molar-refractivity contribution in [1.82, 2.24) is 24.3 Å². The Labute approximate surface area is 141 Å². The molecule has 0 atom stereocenters. The van der Waals surface area contributed by atoms with E-state index in [0.717, 1.165) is 35.4 Å². The van der Waals surface area contributed by atoms with Crippen LogP contribution in [-0.2, 0) is 6.54 Å². The standard InChI is InChI=1S/C18H23N5O/c1-13-6-7-17-16(11-19-23(17)12-13)18(24)21(4)8-5-9-22-15(3)10-14(2)20-22/h6-7,10-12H,5,8-9H2,1-4H3. The molecule has 0 aliphatic rings. The first kappa shape index (κ1) is 16.2. The summed E-state index contributed by atoms with van der Waals surface area (Å²) in [6.45, 7) is 7.54. The molecule has 6 heteroatoms. The van der Waals surface area contributed by atoms with Crippen LogP contribution < -0.4 is 0 Å². The monoisotopic (exact) mass is 325 g/mol. The van der Waals surface area contributed by atoms with E-state index in [9.17, 15) is 4.79 Å². The van der Waals surface area contributed by atoms with Gasteiger partial charge in [-0.1, -0.05) is 6.07 Å². The van der Waals surface area contributed by atoms with E-state index in [4.69, 9.17) is 0 Å². The highest BCUT2D eigenvalue weighted by atomic mass is 16.2. The van der Waals surface area contributed by atoms with Crippen LogP contribution in [0.3, 0.4) is 0 Å². The third kappa shape index (κ3) is 3.18. The highest BCUT2D eigenvalue weighted by Gasteiger charge is 2.16. The molecule has 0 N–H and O–H groups in total. The number of nitrogens with zero attached hydrogens (tertiary/aromatic N) is 5. The van der Waals surface area contributed by atoms with Crippen LogP contribution in [0, 0.1) is 20.8 Å². The van der Waals surface area contributed by atoms with Gasteiger partial charge in [-0.25, -0.2) is 4.52 Å². The van der Waals surface area contributed by atoms with E-state index in [1.165, 1.54) is 0 Å². The van der Waals surface area contributed by atoms with E-state index >= 15 is 0 Å². The van der Waals surface area contributed by atoms with Crippen LogP contribution in [0.4, 0.5) is 0 Å². The Balaban J connectivity index is 1.64. The SMILES string of the molecule is Cc1ccc2c(C(=O)N(C)CCCn3nc(C)cc3C)cnn2c1. The highest BCUT2D eigenvalue weighted by molar-refractivity contribution is 6.00. The van der Waals surface area contributed by atoms with Gasteiger partial charge in [-0.2, -0.15) is 10.2 Å². The number of hydrogen-bond acceptors (Lipinski definition) is 3. The Bertz CT molecular complexity index is 877. The van der Waals surface area contributed by atoms with Gasteiger partial charge in [-0.05, 0) is 44.9 Å². The zero-order valence-electron chi connectivity index (χ0n) is 14.7. The minimum atomic E-state index is 0.00206. The molecule has 0 bridgehead atoms. The Morgan fingerprint density at radius 3 is 2.75 bits per heavy atom. The summed E-state index contributed by atoms with van der Waals surface area (Å²) in [6.07, 6.45) is 4.44. The fourth-order valence-corrected chi connectivity index (χ4v) is 2.92. The smallest absolute Gasteiger partial charge is 0.257 e. The fourth-order valence-electron chi connectivity index (χ4n) is 2.92. The first-order chi connectivity index (χ1) is 11.5. The van der Waals surface area contributed by atoms with Gasteiger partial charge < -0.3 is 4.90 Å². The summed E-state index contributed by atoms with van der Waals surface area (Å²) in [5.41, 5.74) is 4.78. The quantitative estimate of drug-likeness (QED) is 0.724. The van der Waals surface area contributed by atoms with E-state index in [-0.39, 0.29) is 5.91 Å². The van der Waals surface area contributed by atoms with Gasteiger partial charge in [0, 0.05) is 32.0 Å². The van der Waals surface area contributed by atoms with E-state index in [1.807, 2.05) is 43.9 Å². The molecule has 3 aromatic heterocycles. The second kappa shape index (κ2) is 6.47. The van der Waals surface area contributed by atoms with Crippen molar-refractivity contribution >= 4 is 11.4 Å². The molecule has 126 valence electrons. The van der Waals surface area contributed by atoms with E-state index in [1.54, 1.807) is 15.6 Å². The van der Waals surface area contributed by atoms with Gasteiger partial charge in [-0.3, -0.25) is 9.48 Å². The van der Waals surface area contributed by atoms with E-state index in [0.29, 0.717) is 12.1 Å². The summed E-state index contributed by atoms with van der Waals surface area (Å²) in [7, 11) is 1.83. The Hall–Kier alpha value is -2.63. The number of amides is 1. The van der Waals surface area contributed by atoms with Crippen molar-refractivity contribution in [2.45, 2.75) is 33.7 Å². The van der Waals surface area contributed by atoms with Crippen molar-refractivity contribution in [2.24, 2.45) is 0 Å². The Kier molecular flexibility index (Phi) is 4.38. The summed E-state index contributed by atoms with van der Waals surface area (Å²) < 4.78 is 3.75. The molecule has 3 rings (SSSR count). The van der Waals surface area contributed by atoms with Gasteiger partial charge in [-0.15, -0.1) is 0 Å². The lowest BCUT2D eigenvalue weighted by Crippen LogP contribution is -2.28. The van der Waals surface area contributed by atoms with Crippen LogP contribution in [0.2, 0.25) is 0 Å². The van der Waals surface area contributed by atoms with Crippen LogP contribution in [0.15, 0.2) is 30.6 Å². The Morgan fingerprint density at radius 1 is 1.25 bits per heavy atom. The third-order valence-corrected chi connectivity index (χ3v) is 4.21. The topological polar surface area (TPSA) is 55.4 Å². The molecule has 0 unspecified atom stereocenters. The van der Waals surface area contributed by atoms with Crippen molar-refractivity contribution in [3.05, 3.63) is 53.1 Å². The highest BCUT2D eigenvalue weighted by Crippen LogP contribution is 2.14. The summed E-state index contributed by atoms with van der Waals surface area (Å²) in [5.74, 6) is 0.00206. The van der Waals surface area contributed by atoms with Crippen LogP contribution in [0.25, 0.3) is 5.52 Å². The van der Waals surface area contributed by atoms with Gasteiger partial charge in [0.2, 0.25) is 0 Å². The average Bonchev–Trinajstić information content (AvgIpc) is 3.09. The molecule has 0 saturated carbocycles. The van der Waals surface area contributed by atoms with Crippen LogP contribution >= 0.6 is 0 Å². The normalized spacial score (nSPS) is 11.2. The molecular weight excluding hydrogens is 302 g/mol. The molecule has 0 aliphatic carbocycles. The summed E-state index contributed by atoms with van der Waals surface area (Å²) in [4.78, 5) is 14.4. The molecule has 1 amide bonds. The second-order valence-corrected chi connectivity index (χ2v) is 6.33. The molecule has 3 aromatic rings. The van der Waals surface area contributed by atoms with Gasteiger partial charge in [0.1, 0.15) is 0 Å². The molecule has 0 fully saturated rings. The maximum Gasteiger partial charge on any atom is 0.257 e. The zero-order chi connectivity index (χ0) is 17.3. The van der Waals surface area contributed by atoms with Crippen molar-refractivity contribution < 1.29 is 4.79 Å². The van der Waals surface area contributed by atoms with E-state index < -0.39 is 0 Å². The number of fused-ring (bicyclic) bond motifs is 1. The maximum absolute atomic E-state index is 12.7. The van der Waals surface area contributed by atoms with Gasteiger partial charge in [0.25, 0.3) is 5.91 Å². The molecule has 0 aliphatic heterocycles. The lowest BCUT2D eigenvalue weighted by Gasteiger charge is -2.16. The molecule has 0 radical (unpaired) electrons. The largest absolute Gasteiger partial charge is 0.342 e. The predicted octanol–water partition coefficient (Wildman–Crippen LogP) is 2.62. The minimum Gasteiger partial charge on any atom is -0.342 e. The molecular formula is C18H23N5O. The molecule has 6 nitrogen and oxygen atoms in total. The number of rotatable bonds is 5. The third-order valence-electron chi connectivity index (χ3n) is 4.21. The Morgan fingerprint density at radius 2 is 2.04 bits per heavy atom. The number of hydrogen-bond donors (Lipinski definition) is 0. The zero-order valence-corrected chi connectivity index (χ0v) is 14.7. The summed E-state index contributed by atoms with van der Waals surface area (Å²) in [5, 5.41) is 8.73. The van der Waals surface area contributed by atoms with Crippen LogP contribution in [0.1, 0.15) is 33.7 Å². The predicted molar refractivity (Wildman–Crippen MR) is 93.2 cm³/mol. The van der Waals surface area contributed by atoms with Crippen molar-refractivity contribution in [3.63, 3.8) is 0 Å². The van der Waals surface area contributed by atoms with Crippen LogP contribution in [-0.4, -0.2) is 43.8 Å². The molecule has 3 heterocycles. The second-order valence-electron chi connectivity index (χ2n) is 6.33. The van der Waals surface area contributed by atoms with Gasteiger partial charge in [0.05, 0.1) is 23.0 Å². The van der Waals surface area contributed by atoms with Gasteiger partial charge >= 0.3 is 0 Å². The lowest BCUT2D eigenvalue weighted by molar-refractivity contribution is 0.0793. The lowest BCUT2D eigenvalue weighted by atomic mass is 10.2. The molecule has 0 spiro atoms. The van der Waals surface area contributed by atoms with Crippen molar-refractivity contribution in [3.8, 4) is 0 Å². The average molecular weight is 325 g/mol. The molecule has 0 aromatic carbocycles. The number of carbonyl (C=O) groups is 1. The molecule has 24 heavy (non-hydrogen) atoms. The van der Waals surface area contributed by atoms with E-state index in [2.05, 4.69) is 23.2 Å². The van der Waals surface area contributed by atoms with Crippen molar-refractivity contribution in [2.75, 3.05) is 13.6 Å². The summed E-state index contributed by atoms with van der Waals surface area (Å²) >= 11 is 0. The number of carbonyl (C=O) groups excluding carboxylic acids is 1. The molecule has 0 saturated heterocycles. The number of aryl methyl sites for hydroxylation is 4. The van der Waals surface area contributed by atoms with Gasteiger partial charge in [0.15, 0.2) is 0 Å².